The molecule has 0 heterocycles. The van der Waals surface area contributed by atoms with Crippen LogP contribution in [0.2, 0.25) is 0 Å². The van der Waals surface area contributed by atoms with Gasteiger partial charge in [0.25, 0.3) is 0 Å². The van der Waals surface area contributed by atoms with Gasteiger partial charge in [0.2, 0.25) is 0 Å². The summed E-state index contributed by atoms with van der Waals surface area (Å²) in [7, 11) is 3.65. The highest BCUT2D eigenvalue weighted by molar-refractivity contribution is 5.28. The van der Waals surface area contributed by atoms with Crippen LogP contribution in [0.4, 0.5) is 0 Å². The summed E-state index contributed by atoms with van der Waals surface area (Å²) < 4.78 is 16.0. The standard InChI is InChI=1S/C15H25NO3/c1-13(16-2)14-5-7-15(8-6-14)19-12-11-18-10-4-9-17-3/h5-8,13,16H,4,9-12H2,1-3H3. The molecular formula is C15H25NO3. The number of hydrogen-bond donors (Lipinski definition) is 1. The summed E-state index contributed by atoms with van der Waals surface area (Å²) in [6, 6.07) is 8.51. The lowest BCUT2D eigenvalue weighted by Crippen LogP contribution is -2.12. The van der Waals surface area contributed by atoms with Crippen LogP contribution >= 0.6 is 0 Å². The van der Waals surface area contributed by atoms with Crippen molar-refractivity contribution in [1.82, 2.24) is 5.32 Å². The van der Waals surface area contributed by atoms with Gasteiger partial charge in [-0.25, -0.2) is 0 Å². The van der Waals surface area contributed by atoms with Crippen molar-refractivity contribution < 1.29 is 14.2 Å². The molecule has 4 nitrogen and oxygen atoms in total. The van der Waals surface area contributed by atoms with E-state index in [4.69, 9.17) is 14.2 Å². The van der Waals surface area contributed by atoms with Gasteiger partial charge in [0.1, 0.15) is 12.4 Å². The van der Waals surface area contributed by atoms with Gasteiger partial charge in [-0.2, -0.15) is 0 Å². The van der Waals surface area contributed by atoms with E-state index < -0.39 is 0 Å². The summed E-state index contributed by atoms with van der Waals surface area (Å²) in [5, 5.41) is 3.21. The Morgan fingerprint density at radius 1 is 1.05 bits per heavy atom. The topological polar surface area (TPSA) is 39.7 Å². The first-order valence-electron chi connectivity index (χ1n) is 6.74. The summed E-state index contributed by atoms with van der Waals surface area (Å²) >= 11 is 0. The number of methoxy groups -OCH3 is 1. The molecule has 4 heteroatoms. The Hall–Kier alpha value is -1.10. The van der Waals surface area contributed by atoms with Crippen molar-refractivity contribution in [2.75, 3.05) is 40.6 Å². The van der Waals surface area contributed by atoms with Crippen LogP contribution < -0.4 is 10.1 Å². The monoisotopic (exact) mass is 267 g/mol. The summed E-state index contributed by atoms with van der Waals surface area (Å²) in [5.74, 6) is 0.882. The Balaban J connectivity index is 2.16. The molecule has 0 saturated heterocycles. The van der Waals surface area contributed by atoms with E-state index in [0.717, 1.165) is 25.4 Å². The maximum atomic E-state index is 5.60. The number of benzene rings is 1. The molecule has 0 saturated carbocycles. The van der Waals surface area contributed by atoms with Gasteiger partial charge < -0.3 is 19.5 Å². The first-order valence-corrected chi connectivity index (χ1v) is 6.74. The van der Waals surface area contributed by atoms with Gasteiger partial charge in [-0.1, -0.05) is 12.1 Å². The second-order valence-corrected chi connectivity index (χ2v) is 4.39. The summed E-state index contributed by atoms with van der Waals surface area (Å²) in [6.45, 7) is 4.78. The summed E-state index contributed by atoms with van der Waals surface area (Å²) in [6.07, 6.45) is 0.924. The van der Waals surface area contributed by atoms with Gasteiger partial charge in [0.05, 0.1) is 6.61 Å². The molecule has 0 fully saturated rings. The quantitative estimate of drug-likeness (QED) is 0.661. The van der Waals surface area contributed by atoms with Crippen molar-refractivity contribution >= 4 is 0 Å². The van der Waals surface area contributed by atoms with Gasteiger partial charge in [0, 0.05) is 26.4 Å². The third-order valence-electron chi connectivity index (χ3n) is 2.95. The average Bonchev–Trinajstić information content (AvgIpc) is 2.46. The smallest absolute Gasteiger partial charge is 0.119 e. The molecule has 1 atom stereocenters. The molecule has 0 aliphatic heterocycles. The Labute approximate surface area is 116 Å². The molecule has 1 unspecified atom stereocenters. The number of rotatable bonds is 10. The van der Waals surface area contributed by atoms with E-state index in [-0.39, 0.29) is 0 Å². The Kier molecular flexibility index (Phi) is 8.21. The molecule has 108 valence electrons. The van der Waals surface area contributed by atoms with Gasteiger partial charge >= 0.3 is 0 Å². The van der Waals surface area contributed by atoms with Gasteiger partial charge in [-0.05, 0) is 38.1 Å². The van der Waals surface area contributed by atoms with Crippen molar-refractivity contribution in [2.24, 2.45) is 0 Å². The van der Waals surface area contributed by atoms with Crippen LogP contribution in [0, 0.1) is 0 Å². The molecule has 0 aliphatic carbocycles. The Bertz CT molecular complexity index is 327. The fourth-order valence-electron chi connectivity index (χ4n) is 1.65. The Morgan fingerprint density at radius 2 is 1.79 bits per heavy atom. The van der Waals surface area contributed by atoms with Crippen LogP contribution in [-0.4, -0.2) is 40.6 Å². The first kappa shape index (κ1) is 16.0. The van der Waals surface area contributed by atoms with Crippen molar-refractivity contribution in [2.45, 2.75) is 19.4 Å². The fourth-order valence-corrected chi connectivity index (χ4v) is 1.65. The maximum absolute atomic E-state index is 5.60. The zero-order chi connectivity index (χ0) is 13.9. The third-order valence-corrected chi connectivity index (χ3v) is 2.95. The highest BCUT2D eigenvalue weighted by Gasteiger charge is 2.02. The zero-order valence-electron chi connectivity index (χ0n) is 12.1. The Morgan fingerprint density at radius 3 is 2.42 bits per heavy atom. The van der Waals surface area contributed by atoms with E-state index in [1.54, 1.807) is 7.11 Å². The molecule has 0 aliphatic rings. The molecule has 1 rings (SSSR count). The molecule has 0 radical (unpaired) electrons. The third kappa shape index (κ3) is 6.57. The first-order chi connectivity index (χ1) is 9.27. The van der Waals surface area contributed by atoms with Gasteiger partial charge in [-0.3, -0.25) is 0 Å². The van der Waals surface area contributed by atoms with Crippen LogP contribution in [0.1, 0.15) is 24.9 Å². The van der Waals surface area contributed by atoms with E-state index in [0.29, 0.717) is 19.3 Å². The maximum Gasteiger partial charge on any atom is 0.119 e. The lowest BCUT2D eigenvalue weighted by molar-refractivity contribution is 0.0806. The minimum Gasteiger partial charge on any atom is -0.491 e. The average molecular weight is 267 g/mol. The van der Waals surface area contributed by atoms with E-state index in [1.165, 1.54) is 5.56 Å². The highest BCUT2D eigenvalue weighted by Crippen LogP contribution is 2.17. The fraction of sp³-hybridized carbons (Fsp3) is 0.600. The van der Waals surface area contributed by atoms with Crippen LogP contribution in [0.5, 0.6) is 5.75 Å². The summed E-state index contributed by atoms with van der Waals surface area (Å²) in [4.78, 5) is 0. The normalized spacial score (nSPS) is 12.4. The van der Waals surface area contributed by atoms with Crippen molar-refractivity contribution in [3.05, 3.63) is 29.8 Å². The predicted molar refractivity (Wildman–Crippen MR) is 76.7 cm³/mol. The van der Waals surface area contributed by atoms with Crippen molar-refractivity contribution in [3.8, 4) is 5.75 Å². The number of ether oxygens (including phenoxy) is 3. The number of nitrogens with one attached hydrogen (secondary N) is 1. The van der Waals surface area contributed by atoms with E-state index in [1.807, 2.05) is 19.2 Å². The second kappa shape index (κ2) is 9.78. The van der Waals surface area contributed by atoms with Crippen LogP contribution in [-0.2, 0) is 9.47 Å². The lowest BCUT2D eigenvalue weighted by Gasteiger charge is -2.12. The molecule has 1 N–H and O–H groups in total. The van der Waals surface area contributed by atoms with E-state index >= 15 is 0 Å². The number of hydrogen-bond acceptors (Lipinski definition) is 4. The van der Waals surface area contributed by atoms with Crippen LogP contribution in [0.25, 0.3) is 0 Å². The summed E-state index contributed by atoms with van der Waals surface area (Å²) in [5.41, 5.74) is 1.26. The molecule has 19 heavy (non-hydrogen) atoms. The molecule has 1 aromatic rings. The molecular weight excluding hydrogens is 242 g/mol. The molecule has 0 aromatic heterocycles. The van der Waals surface area contributed by atoms with Crippen LogP contribution in [0.15, 0.2) is 24.3 Å². The highest BCUT2D eigenvalue weighted by atomic mass is 16.5. The SMILES string of the molecule is CNC(C)c1ccc(OCCOCCCOC)cc1. The second-order valence-electron chi connectivity index (χ2n) is 4.39. The van der Waals surface area contributed by atoms with Crippen molar-refractivity contribution in [1.29, 1.82) is 0 Å². The molecule has 0 amide bonds. The van der Waals surface area contributed by atoms with Gasteiger partial charge in [-0.15, -0.1) is 0 Å². The molecule has 1 aromatic carbocycles. The minimum atomic E-state index is 0.359. The molecule has 0 spiro atoms. The van der Waals surface area contributed by atoms with Crippen molar-refractivity contribution in [3.63, 3.8) is 0 Å². The molecule has 0 bridgehead atoms. The van der Waals surface area contributed by atoms with Gasteiger partial charge in [0.15, 0.2) is 0 Å². The predicted octanol–water partition coefficient (Wildman–Crippen LogP) is 2.40. The lowest BCUT2D eigenvalue weighted by atomic mass is 10.1. The minimum absolute atomic E-state index is 0.359. The van der Waals surface area contributed by atoms with E-state index in [2.05, 4.69) is 24.4 Å². The largest absolute Gasteiger partial charge is 0.491 e. The van der Waals surface area contributed by atoms with E-state index in [9.17, 15) is 0 Å². The zero-order valence-corrected chi connectivity index (χ0v) is 12.1. The van der Waals surface area contributed by atoms with Crippen LogP contribution in [0.3, 0.4) is 0 Å².